The minimum absolute atomic E-state index is 0.0465. The quantitative estimate of drug-likeness (QED) is 0.338. The molecule has 3 fully saturated rings. The number of fused-ring (bicyclic) bond motifs is 2. The molecule has 6 rings (SSSR count). The van der Waals surface area contributed by atoms with E-state index in [-0.39, 0.29) is 41.9 Å². The van der Waals surface area contributed by atoms with Gasteiger partial charge in [-0.2, -0.15) is 0 Å². The van der Waals surface area contributed by atoms with Gasteiger partial charge >= 0.3 is 18.0 Å². The summed E-state index contributed by atoms with van der Waals surface area (Å²) < 4.78 is 22.8. The molecule has 0 aromatic heterocycles. The van der Waals surface area contributed by atoms with E-state index in [2.05, 4.69) is 12.2 Å². The van der Waals surface area contributed by atoms with Crippen LogP contribution < -0.4 is 5.32 Å². The highest BCUT2D eigenvalue weighted by Crippen LogP contribution is 2.77. The highest BCUT2D eigenvalue weighted by atomic mass is 16.7. The Morgan fingerprint density at radius 2 is 2.12 bits per heavy atom. The summed E-state index contributed by atoms with van der Waals surface area (Å²) in [4.78, 5) is 47.7. The van der Waals surface area contributed by atoms with Crippen LogP contribution in [-0.4, -0.2) is 72.1 Å². The van der Waals surface area contributed by atoms with E-state index in [0.717, 1.165) is 17.6 Å². The Morgan fingerprint density at radius 1 is 1.30 bits per heavy atom. The fraction of sp³-hybridized carbons (Fsp3) is 0.652. The molecule has 1 amide bonds. The zero-order valence-electron chi connectivity index (χ0n) is 18.2. The van der Waals surface area contributed by atoms with Crippen LogP contribution in [0.1, 0.15) is 39.0 Å². The molecule has 3 aliphatic carbocycles. The summed E-state index contributed by atoms with van der Waals surface area (Å²) >= 11 is 0. The van der Waals surface area contributed by atoms with Gasteiger partial charge in [0, 0.05) is 11.0 Å². The molecule has 2 spiro atoms. The first kappa shape index (κ1) is 20.9. The first-order chi connectivity index (χ1) is 15.7. The van der Waals surface area contributed by atoms with E-state index >= 15 is 0 Å². The third kappa shape index (κ3) is 2.56. The predicted molar refractivity (Wildman–Crippen MR) is 108 cm³/mol. The van der Waals surface area contributed by atoms with Crippen LogP contribution in [0, 0.1) is 11.3 Å². The summed E-state index contributed by atoms with van der Waals surface area (Å²) in [5.41, 5.74) is 0.495. The fourth-order valence-corrected chi connectivity index (χ4v) is 6.95. The van der Waals surface area contributed by atoms with Crippen molar-refractivity contribution < 1.29 is 43.2 Å². The number of hydrogen-bond donors (Lipinski definition) is 2. The summed E-state index contributed by atoms with van der Waals surface area (Å²) in [5.74, 6) is -1.32. The van der Waals surface area contributed by atoms with Crippen molar-refractivity contribution in [3.05, 3.63) is 22.8 Å². The number of amides is 1. The maximum absolute atomic E-state index is 13.6. The number of esters is 1. The van der Waals surface area contributed by atoms with Gasteiger partial charge in [0.25, 0.3) is 0 Å². The number of ketones is 1. The third-order valence-corrected chi connectivity index (χ3v) is 8.50. The van der Waals surface area contributed by atoms with Crippen LogP contribution in [0.25, 0.3) is 0 Å². The van der Waals surface area contributed by atoms with Crippen LogP contribution >= 0.6 is 0 Å². The number of Topliss-reactive ketones (excluding diaryl/α,β-unsaturated/α-hetero) is 1. The largest absolute Gasteiger partial charge is 0.480 e. The third-order valence-electron chi connectivity index (χ3n) is 8.50. The van der Waals surface area contributed by atoms with Crippen LogP contribution in [0.4, 0.5) is 4.79 Å². The van der Waals surface area contributed by atoms with Crippen LogP contribution in [-0.2, 0) is 33.3 Å². The normalized spacial score (nSPS) is 41.5. The van der Waals surface area contributed by atoms with Crippen molar-refractivity contribution in [1.29, 1.82) is 0 Å². The summed E-state index contributed by atoms with van der Waals surface area (Å²) in [5, 5.41) is 10.7. The molecule has 0 radical (unpaired) electrons. The second-order valence-corrected chi connectivity index (χ2v) is 9.91. The topological polar surface area (TPSA) is 144 Å². The van der Waals surface area contributed by atoms with Crippen molar-refractivity contribution in [2.75, 3.05) is 19.8 Å². The van der Waals surface area contributed by atoms with Crippen molar-refractivity contribution in [2.24, 2.45) is 11.3 Å². The molecule has 1 saturated carbocycles. The smallest absolute Gasteiger partial charge is 0.407 e. The number of hydrogen-bond acceptors (Lipinski definition) is 8. The van der Waals surface area contributed by atoms with Gasteiger partial charge in [0.15, 0.2) is 11.4 Å². The highest BCUT2D eigenvalue weighted by Gasteiger charge is 2.92. The van der Waals surface area contributed by atoms with Crippen molar-refractivity contribution >= 4 is 23.8 Å². The Kier molecular flexibility index (Phi) is 4.21. The van der Waals surface area contributed by atoms with E-state index < -0.39 is 29.8 Å². The molecule has 6 aliphatic rings. The van der Waals surface area contributed by atoms with E-state index in [4.69, 9.17) is 24.1 Å². The number of carboxylic acid groups (broad SMARTS) is 1. The first-order valence-electron chi connectivity index (χ1n) is 11.4. The second-order valence-electron chi connectivity index (χ2n) is 9.91. The number of carboxylic acids is 1. The van der Waals surface area contributed by atoms with Gasteiger partial charge in [-0.25, -0.2) is 9.59 Å². The maximum atomic E-state index is 13.6. The Bertz CT molecular complexity index is 1060. The number of alkyl carbamates (subject to hydrolysis) is 1. The van der Waals surface area contributed by atoms with E-state index in [1.807, 2.05) is 6.08 Å². The lowest BCUT2D eigenvalue weighted by Crippen LogP contribution is -2.63. The van der Waals surface area contributed by atoms with Crippen LogP contribution in [0.15, 0.2) is 22.8 Å². The lowest BCUT2D eigenvalue weighted by molar-refractivity contribution is -0.136. The molecule has 2 N–H and O–H groups in total. The van der Waals surface area contributed by atoms with E-state index in [1.54, 1.807) is 0 Å². The number of aliphatic carboxylic acids is 1. The predicted octanol–water partition coefficient (Wildman–Crippen LogP) is 1.04. The lowest BCUT2D eigenvalue weighted by atomic mass is 9.48. The standard InChI is InChI=1S/C23H25NO9/c1-21-5-4-12-13(10-31-19(12)28)14(21)8-15-22(32-15)18(27)11(7-16-23(21,22)33-16)3-2-6-30-20(29)24-9-17(25)26/h7,14-16H,2-6,8-10H2,1H3,(H,24,29)(H,25,26)/t14?,15?,16-,21-,22+,23+/m0/s1. The van der Waals surface area contributed by atoms with Crippen LogP contribution in [0.3, 0.4) is 0 Å². The lowest BCUT2D eigenvalue weighted by Gasteiger charge is -2.51. The van der Waals surface area contributed by atoms with Gasteiger partial charge in [0.2, 0.25) is 0 Å². The van der Waals surface area contributed by atoms with E-state index in [1.165, 1.54) is 0 Å². The van der Waals surface area contributed by atoms with Crippen molar-refractivity contribution in [3.63, 3.8) is 0 Å². The molecule has 3 heterocycles. The van der Waals surface area contributed by atoms with Gasteiger partial charge < -0.3 is 29.4 Å². The molecule has 33 heavy (non-hydrogen) atoms. The molecule has 176 valence electrons. The molecule has 2 unspecified atom stereocenters. The molecule has 0 aromatic carbocycles. The average Bonchev–Trinajstić information content (AvgIpc) is 3.66. The zero-order chi connectivity index (χ0) is 23.2. The first-order valence-corrected chi connectivity index (χ1v) is 11.4. The Labute approximate surface area is 189 Å². The number of rotatable bonds is 6. The molecule has 0 aromatic rings. The Morgan fingerprint density at radius 3 is 2.91 bits per heavy atom. The summed E-state index contributed by atoms with van der Waals surface area (Å²) in [7, 11) is 0. The summed E-state index contributed by atoms with van der Waals surface area (Å²) in [6.07, 6.45) is 3.52. The van der Waals surface area contributed by atoms with Gasteiger partial charge in [-0.3, -0.25) is 9.59 Å². The van der Waals surface area contributed by atoms with Crippen LogP contribution in [0.2, 0.25) is 0 Å². The zero-order valence-corrected chi connectivity index (χ0v) is 18.2. The second kappa shape index (κ2) is 6.66. The Balaban J connectivity index is 1.17. The van der Waals surface area contributed by atoms with Crippen molar-refractivity contribution in [1.82, 2.24) is 5.32 Å². The molecular formula is C23H25NO9. The molecule has 10 heteroatoms. The minimum atomic E-state index is -1.16. The number of carbonyl (C=O) groups is 4. The molecule has 3 aliphatic heterocycles. The number of carbonyl (C=O) groups excluding carboxylic acids is 3. The molecule has 0 bridgehead atoms. The molecular weight excluding hydrogens is 434 g/mol. The van der Waals surface area contributed by atoms with E-state index in [0.29, 0.717) is 37.9 Å². The fourth-order valence-electron chi connectivity index (χ4n) is 6.95. The number of ether oxygens (including phenoxy) is 4. The van der Waals surface area contributed by atoms with Crippen LogP contribution in [0.5, 0.6) is 0 Å². The number of epoxide rings is 2. The number of nitrogens with one attached hydrogen (secondary N) is 1. The monoisotopic (exact) mass is 459 g/mol. The SMILES string of the molecule is C[C@]12CCC3=C(COC3=O)C1CC1O[C@@]13C(=O)C(CCCOC(=O)NCC(=O)O)=C[C@@H]1O[C@]123. The van der Waals surface area contributed by atoms with Gasteiger partial charge in [-0.1, -0.05) is 6.92 Å². The van der Waals surface area contributed by atoms with E-state index in [9.17, 15) is 19.2 Å². The maximum Gasteiger partial charge on any atom is 0.407 e. The van der Waals surface area contributed by atoms with Gasteiger partial charge in [-0.15, -0.1) is 0 Å². The summed E-state index contributed by atoms with van der Waals surface area (Å²) in [6.45, 7) is 2.04. The van der Waals surface area contributed by atoms with Gasteiger partial charge in [0.1, 0.15) is 24.9 Å². The average molecular weight is 459 g/mol. The minimum Gasteiger partial charge on any atom is -0.480 e. The molecule has 2 saturated heterocycles. The number of cyclic esters (lactones) is 1. The van der Waals surface area contributed by atoms with Crippen molar-refractivity contribution in [2.45, 2.75) is 62.4 Å². The van der Waals surface area contributed by atoms with Gasteiger partial charge in [0.05, 0.1) is 12.7 Å². The Hall–Kier alpha value is -2.72. The van der Waals surface area contributed by atoms with Crippen molar-refractivity contribution in [3.8, 4) is 0 Å². The highest BCUT2D eigenvalue weighted by molar-refractivity contribution is 6.08. The molecule has 10 nitrogen and oxygen atoms in total. The van der Waals surface area contributed by atoms with Gasteiger partial charge in [-0.05, 0) is 55.2 Å². The molecule has 6 atom stereocenters. The summed E-state index contributed by atoms with van der Waals surface area (Å²) in [6, 6.07) is 0.